The van der Waals surface area contributed by atoms with Crippen molar-refractivity contribution in [2.24, 2.45) is 5.92 Å². The molecule has 2 aliphatic rings. The molecule has 0 radical (unpaired) electrons. The van der Waals surface area contributed by atoms with Crippen LogP contribution in [-0.2, 0) is 24.4 Å². The average molecular weight is 402 g/mol. The number of fused-ring (bicyclic) bond motifs is 1. The lowest BCUT2D eigenvalue weighted by Gasteiger charge is -2.30. The van der Waals surface area contributed by atoms with E-state index in [4.69, 9.17) is 0 Å². The van der Waals surface area contributed by atoms with E-state index >= 15 is 0 Å². The Morgan fingerprint density at radius 2 is 2.03 bits per heavy atom. The second kappa shape index (κ2) is 7.87. The van der Waals surface area contributed by atoms with E-state index in [1.165, 1.54) is 5.56 Å². The molecule has 9 heteroatoms. The molecule has 1 fully saturated rings. The van der Waals surface area contributed by atoms with Crippen LogP contribution in [0.15, 0.2) is 12.4 Å². The van der Waals surface area contributed by atoms with Crippen molar-refractivity contribution in [3.05, 3.63) is 29.6 Å². The number of β-amino-alcohol motifs (C(OH)–C–C–N with tert-alkyl or cyclic N) is 1. The molecule has 2 atom stereocenters. The molecule has 1 saturated heterocycles. The summed E-state index contributed by atoms with van der Waals surface area (Å²) < 4.78 is 4.11. The lowest BCUT2D eigenvalue weighted by Crippen LogP contribution is -2.37. The molecular formula is C20H31N7O2. The maximum Gasteiger partial charge on any atom is 0.225 e. The van der Waals surface area contributed by atoms with E-state index in [9.17, 15) is 9.90 Å². The summed E-state index contributed by atoms with van der Waals surface area (Å²) >= 11 is 0. The van der Waals surface area contributed by atoms with Crippen molar-refractivity contribution in [3.8, 4) is 0 Å². The zero-order valence-corrected chi connectivity index (χ0v) is 17.7. The van der Waals surface area contributed by atoms with Gasteiger partial charge >= 0.3 is 0 Å². The van der Waals surface area contributed by atoms with Crippen LogP contribution in [-0.4, -0.2) is 64.6 Å². The van der Waals surface area contributed by atoms with Crippen molar-refractivity contribution >= 4 is 5.91 Å². The monoisotopic (exact) mass is 401 g/mol. The van der Waals surface area contributed by atoms with Gasteiger partial charge < -0.3 is 14.6 Å². The van der Waals surface area contributed by atoms with Gasteiger partial charge in [0.25, 0.3) is 0 Å². The number of carbonyl (C=O) groups is 1. The predicted octanol–water partition coefficient (Wildman–Crippen LogP) is 1.36. The molecule has 0 spiro atoms. The minimum atomic E-state index is -0.506. The molecule has 2 aromatic heterocycles. The van der Waals surface area contributed by atoms with E-state index in [0.717, 1.165) is 31.3 Å². The SMILES string of the molecule is CC(C)C(=O)N1C[C@H](O)C[C@H]1c1nnc2n1CCN(Cc1cnn(C(C)C)c1)C2. The molecule has 4 rings (SSSR count). The van der Waals surface area contributed by atoms with Crippen molar-refractivity contribution in [2.75, 3.05) is 13.1 Å². The van der Waals surface area contributed by atoms with Crippen molar-refractivity contribution in [2.45, 2.75) is 71.9 Å². The Morgan fingerprint density at radius 3 is 2.72 bits per heavy atom. The predicted molar refractivity (Wildman–Crippen MR) is 107 cm³/mol. The Hall–Kier alpha value is -2.26. The average Bonchev–Trinajstić information content (AvgIpc) is 3.38. The molecule has 29 heavy (non-hydrogen) atoms. The number of likely N-dealkylation sites (tertiary alicyclic amines) is 1. The van der Waals surface area contributed by atoms with E-state index in [2.05, 4.69) is 44.8 Å². The van der Waals surface area contributed by atoms with Crippen LogP contribution in [0.25, 0.3) is 0 Å². The third kappa shape index (κ3) is 3.93. The molecule has 2 aliphatic heterocycles. The number of carbonyl (C=O) groups excluding carboxylic acids is 1. The van der Waals surface area contributed by atoms with Crippen LogP contribution >= 0.6 is 0 Å². The first kappa shape index (κ1) is 20.0. The largest absolute Gasteiger partial charge is 0.391 e. The molecular weight excluding hydrogens is 370 g/mol. The molecule has 0 bridgehead atoms. The Labute approximate surface area is 171 Å². The van der Waals surface area contributed by atoms with Gasteiger partial charge in [0, 0.05) is 56.3 Å². The van der Waals surface area contributed by atoms with Gasteiger partial charge in [-0.1, -0.05) is 13.8 Å². The van der Waals surface area contributed by atoms with Crippen LogP contribution in [0.2, 0.25) is 0 Å². The Bertz CT molecular complexity index is 872. The highest BCUT2D eigenvalue weighted by Gasteiger charge is 2.39. The van der Waals surface area contributed by atoms with E-state index in [0.29, 0.717) is 25.6 Å². The third-order valence-corrected chi connectivity index (χ3v) is 5.81. The number of rotatable bonds is 5. The minimum absolute atomic E-state index is 0.0588. The number of aliphatic hydroxyl groups is 1. The lowest BCUT2D eigenvalue weighted by molar-refractivity contribution is -0.135. The summed E-state index contributed by atoms with van der Waals surface area (Å²) in [6, 6.07) is 0.158. The van der Waals surface area contributed by atoms with Crippen molar-refractivity contribution in [1.29, 1.82) is 0 Å². The van der Waals surface area contributed by atoms with Crippen molar-refractivity contribution in [1.82, 2.24) is 34.3 Å². The Morgan fingerprint density at radius 1 is 1.24 bits per heavy atom. The van der Waals surface area contributed by atoms with Crippen LogP contribution in [0.1, 0.15) is 63.4 Å². The molecule has 0 aromatic carbocycles. The van der Waals surface area contributed by atoms with Crippen LogP contribution in [0.5, 0.6) is 0 Å². The summed E-state index contributed by atoms with van der Waals surface area (Å²) in [4.78, 5) is 16.7. The fourth-order valence-electron chi connectivity index (χ4n) is 4.25. The van der Waals surface area contributed by atoms with Gasteiger partial charge in [-0.3, -0.25) is 14.4 Å². The van der Waals surface area contributed by atoms with Gasteiger partial charge in [0.2, 0.25) is 5.91 Å². The zero-order valence-electron chi connectivity index (χ0n) is 17.7. The first-order chi connectivity index (χ1) is 13.8. The molecule has 0 unspecified atom stereocenters. The summed E-state index contributed by atoms with van der Waals surface area (Å²) in [7, 11) is 0. The summed E-state index contributed by atoms with van der Waals surface area (Å²) in [6.45, 7) is 11.6. The van der Waals surface area contributed by atoms with E-state index in [-0.39, 0.29) is 17.9 Å². The maximum atomic E-state index is 12.6. The van der Waals surface area contributed by atoms with Crippen molar-refractivity contribution in [3.63, 3.8) is 0 Å². The highest BCUT2D eigenvalue weighted by atomic mass is 16.3. The number of nitrogens with zero attached hydrogens (tertiary/aromatic N) is 7. The van der Waals surface area contributed by atoms with E-state index in [1.807, 2.05) is 24.7 Å². The number of aliphatic hydroxyl groups excluding tert-OH is 1. The number of aromatic nitrogens is 5. The quantitative estimate of drug-likeness (QED) is 0.813. The lowest BCUT2D eigenvalue weighted by atomic mass is 10.1. The second-order valence-electron chi connectivity index (χ2n) is 8.81. The molecule has 2 aromatic rings. The molecule has 0 aliphatic carbocycles. The first-order valence-electron chi connectivity index (χ1n) is 10.5. The topological polar surface area (TPSA) is 92.3 Å². The number of hydrogen-bond donors (Lipinski definition) is 1. The highest BCUT2D eigenvalue weighted by Crippen LogP contribution is 2.33. The van der Waals surface area contributed by atoms with Crippen molar-refractivity contribution < 1.29 is 9.90 Å². The van der Waals surface area contributed by atoms with Gasteiger partial charge in [-0.05, 0) is 13.8 Å². The fourth-order valence-corrected chi connectivity index (χ4v) is 4.25. The van der Waals surface area contributed by atoms with Gasteiger partial charge in [-0.15, -0.1) is 10.2 Å². The first-order valence-corrected chi connectivity index (χ1v) is 10.5. The molecule has 1 N–H and O–H groups in total. The normalized spacial score (nSPS) is 22.7. The van der Waals surface area contributed by atoms with Crippen LogP contribution in [0, 0.1) is 5.92 Å². The number of amides is 1. The van der Waals surface area contributed by atoms with E-state index in [1.54, 1.807) is 4.90 Å². The van der Waals surface area contributed by atoms with Crippen LogP contribution in [0.4, 0.5) is 0 Å². The van der Waals surface area contributed by atoms with E-state index < -0.39 is 6.10 Å². The highest BCUT2D eigenvalue weighted by molar-refractivity contribution is 5.78. The van der Waals surface area contributed by atoms with Gasteiger partial charge in [-0.25, -0.2) is 0 Å². The Balaban J connectivity index is 1.48. The minimum Gasteiger partial charge on any atom is -0.391 e. The van der Waals surface area contributed by atoms with Gasteiger partial charge in [-0.2, -0.15) is 5.10 Å². The van der Waals surface area contributed by atoms with Gasteiger partial charge in [0.1, 0.15) is 5.82 Å². The second-order valence-corrected chi connectivity index (χ2v) is 8.81. The summed E-state index contributed by atoms with van der Waals surface area (Å²) in [5.41, 5.74) is 1.19. The molecule has 158 valence electrons. The van der Waals surface area contributed by atoms with Crippen LogP contribution < -0.4 is 0 Å². The maximum absolute atomic E-state index is 12.6. The fraction of sp³-hybridized carbons (Fsp3) is 0.700. The molecule has 4 heterocycles. The smallest absolute Gasteiger partial charge is 0.225 e. The zero-order chi connectivity index (χ0) is 20.7. The molecule has 1 amide bonds. The van der Waals surface area contributed by atoms with Gasteiger partial charge in [0.05, 0.1) is 24.9 Å². The summed E-state index contributed by atoms with van der Waals surface area (Å²) in [5.74, 6) is 1.68. The number of hydrogen-bond acceptors (Lipinski definition) is 6. The standard InChI is InChI=1S/C20H31N7O2/c1-13(2)20(29)26-11-16(28)7-17(26)19-23-22-18-12-24(5-6-25(18)19)9-15-8-21-27(10-15)14(3)4/h8,10,13-14,16-17,28H,5-7,9,11-12H2,1-4H3/t16-,17+/m1/s1. The molecule has 9 nitrogen and oxygen atoms in total. The van der Waals surface area contributed by atoms with Crippen LogP contribution in [0.3, 0.4) is 0 Å². The summed E-state index contributed by atoms with van der Waals surface area (Å²) in [5, 5.41) is 23.5. The van der Waals surface area contributed by atoms with Gasteiger partial charge in [0.15, 0.2) is 5.82 Å². The third-order valence-electron chi connectivity index (χ3n) is 5.81. The Kier molecular flexibility index (Phi) is 5.44. The summed E-state index contributed by atoms with van der Waals surface area (Å²) in [6.07, 6.45) is 4.05. The molecule has 0 saturated carbocycles.